The van der Waals surface area contributed by atoms with E-state index in [9.17, 15) is 14.7 Å². The minimum atomic E-state index is -1.27. The fraction of sp³-hybridized carbons (Fsp3) is 0.222. The summed E-state index contributed by atoms with van der Waals surface area (Å²) in [7, 11) is 0. The molecule has 5 heteroatoms. The number of aryl methyl sites for hydroxylation is 1. The van der Waals surface area contributed by atoms with Crippen molar-refractivity contribution >= 4 is 17.6 Å². The maximum atomic E-state index is 11.8. The first-order valence-corrected chi connectivity index (χ1v) is 7.35. The minimum absolute atomic E-state index is 0.0329. The number of carbonyl (C=O) groups excluding carboxylic acids is 2. The first-order valence-electron chi connectivity index (χ1n) is 7.35. The maximum absolute atomic E-state index is 11.8. The molecule has 0 aromatic heterocycles. The van der Waals surface area contributed by atoms with E-state index >= 15 is 0 Å². The summed E-state index contributed by atoms with van der Waals surface area (Å²) in [6, 6.07) is 13.7. The summed E-state index contributed by atoms with van der Waals surface area (Å²) in [6.45, 7) is 2.43. The van der Waals surface area contributed by atoms with Gasteiger partial charge >= 0.3 is 0 Å². The van der Waals surface area contributed by atoms with Gasteiger partial charge in [0.05, 0.1) is 12.6 Å². The third-order valence-electron chi connectivity index (χ3n) is 3.19. The molecule has 2 aromatic rings. The van der Waals surface area contributed by atoms with Gasteiger partial charge in [-0.05, 0) is 48.7 Å². The predicted octanol–water partition coefficient (Wildman–Crippen LogP) is 2.16. The molecule has 1 amide bonds. The molecule has 0 atom stereocenters. The number of hydrogen-bond donors (Lipinski definition) is 1. The molecule has 0 fully saturated rings. The van der Waals surface area contributed by atoms with E-state index in [4.69, 9.17) is 4.74 Å². The van der Waals surface area contributed by atoms with Gasteiger partial charge in [0.1, 0.15) is 5.75 Å². The van der Waals surface area contributed by atoms with Crippen molar-refractivity contribution in [2.75, 3.05) is 11.9 Å². The van der Waals surface area contributed by atoms with E-state index in [1.54, 1.807) is 12.1 Å². The quantitative estimate of drug-likeness (QED) is 0.795. The Hall–Kier alpha value is -2.82. The Morgan fingerprint density at radius 2 is 1.91 bits per heavy atom. The van der Waals surface area contributed by atoms with Gasteiger partial charge in [0.2, 0.25) is 5.91 Å². The highest BCUT2D eigenvalue weighted by Crippen LogP contribution is 2.13. The smallest absolute Gasteiger partial charge is 0.224 e. The summed E-state index contributed by atoms with van der Waals surface area (Å²) in [6.07, 6.45) is 0.862. The minimum Gasteiger partial charge on any atom is -0.545 e. The molecule has 23 heavy (non-hydrogen) atoms. The summed E-state index contributed by atoms with van der Waals surface area (Å²) in [4.78, 5) is 22.6. The summed E-state index contributed by atoms with van der Waals surface area (Å²) in [5.74, 6) is -0.673. The molecule has 5 nitrogen and oxygen atoms in total. The molecular weight excluding hydrogens is 294 g/mol. The summed E-state index contributed by atoms with van der Waals surface area (Å²) < 4.78 is 5.57. The number of carboxylic acids is 1. The molecule has 0 radical (unpaired) electrons. The van der Waals surface area contributed by atoms with Crippen LogP contribution in [0.1, 0.15) is 28.8 Å². The number of hydrogen-bond acceptors (Lipinski definition) is 4. The van der Waals surface area contributed by atoms with Gasteiger partial charge in [-0.2, -0.15) is 0 Å². The molecule has 0 spiro atoms. The molecule has 120 valence electrons. The normalized spacial score (nSPS) is 10.1. The van der Waals surface area contributed by atoms with Crippen LogP contribution in [0.2, 0.25) is 0 Å². The highest BCUT2D eigenvalue weighted by atomic mass is 16.5. The number of anilines is 1. The Labute approximate surface area is 134 Å². The average molecular weight is 312 g/mol. The van der Waals surface area contributed by atoms with Gasteiger partial charge in [-0.1, -0.05) is 24.3 Å². The maximum Gasteiger partial charge on any atom is 0.224 e. The Bertz CT molecular complexity index is 697. The van der Waals surface area contributed by atoms with Gasteiger partial charge in [-0.25, -0.2) is 0 Å². The van der Waals surface area contributed by atoms with Gasteiger partial charge in [-0.3, -0.25) is 4.79 Å². The number of ether oxygens (including phenoxy) is 1. The highest BCUT2D eigenvalue weighted by Gasteiger charge is 2.04. The van der Waals surface area contributed by atoms with Gasteiger partial charge in [0.15, 0.2) is 0 Å². The molecule has 0 heterocycles. The van der Waals surface area contributed by atoms with Crippen LogP contribution < -0.4 is 15.2 Å². The largest absolute Gasteiger partial charge is 0.545 e. The topological polar surface area (TPSA) is 78.5 Å². The zero-order chi connectivity index (χ0) is 16.7. The molecule has 1 N–H and O–H groups in total. The number of rotatable bonds is 7. The second-order valence-corrected chi connectivity index (χ2v) is 5.18. The SMILES string of the molecule is Cc1cccc(OCCCC(=O)Nc2cccc(C(=O)[O-])c2)c1. The van der Waals surface area contributed by atoms with E-state index in [1.807, 2.05) is 31.2 Å². The number of benzene rings is 2. The Morgan fingerprint density at radius 1 is 1.13 bits per heavy atom. The van der Waals surface area contributed by atoms with Crippen molar-refractivity contribution in [2.45, 2.75) is 19.8 Å². The lowest BCUT2D eigenvalue weighted by Gasteiger charge is -2.09. The first-order chi connectivity index (χ1) is 11.0. The monoisotopic (exact) mass is 312 g/mol. The molecule has 0 saturated carbocycles. The second-order valence-electron chi connectivity index (χ2n) is 5.18. The van der Waals surface area contributed by atoms with E-state index in [1.165, 1.54) is 12.1 Å². The Morgan fingerprint density at radius 3 is 2.65 bits per heavy atom. The van der Waals surface area contributed by atoms with Crippen molar-refractivity contribution in [3.63, 3.8) is 0 Å². The van der Waals surface area contributed by atoms with Gasteiger partial charge < -0.3 is 20.0 Å². The lowest BCUT2D eigenvalue weighted by atomic mass is 10.2. The molecule has 2 aromatic carbocycles. The predicted molar refractivity (Wildman–Crippen MR) is 85.3 cm³/mol. The van der Waals surface area contributed by atoms with E-state index < -0.39 is 5.97 Å². The van der Waals surface area contributed by atoms with E-state index in [0.717, 1.165) is 11.3 Å². The van der Waals surface area contributed by atoms with Crippen LogP contribution >= 0.6 is 0 Å². The zero-order valence-electron chi connectivity index (χ0n) is 12.9. The Balaban J connectivity index is 1.75. The fourth-order valence-corrected chi connectivity index (χ4v) is 2.08. The second kappa shape index (κ2) is 7.98. The number of aromatic carboxylic acids is 1. The third-order valence-corrected chi connectivity index (χ3v) is 3.19. The van der Waals surface area contributed by atoms with Crippen LogP contribution in [-0.2, 0) is 4.79 Å². The zero-order valence-corrected chi connectivity index (χ0v) is 12.9. The van der Waals surface area contributed by atoms with Crippen LogP contribution in [0.5, 0.6) is 5.75 Å². The van der Waals surface area contributed by atoms with E-state index in [2.05, 4.69) is 5.32 Å². The summed E-state index contributed by atoms with van der Waals surface area (Å²) in [5, 5.41) is 13.4. The van der Waals surface area contributed by atoms with Gasteiger partial charge in [0.25, 0.3) is 0 Å². The van der Waals surface area contributed by atoms with Crippen molar-refractivity contribution in [3.05, 3.63) is 59.7 Å². The fourth-order valence-electron chi connectivity index (χ4n) is 2.08. The molecule has 0 aliphatic carbocycles. The number of carboxylic acid groups (broad SMARTS) is 1. The van der Waals surface area contributed by atoms with Crippen LogP contribution in [0.3, 0.4) is 0 Å². The molecule has 0 unspecified atom stereocenters. The molecule has 0 saturated heterocycles. The lowest BCUT2D eigenvalue weighted by Crippen LogP contribution is -2.22. The molecule has 0 aliphatic heterocycles. The number of carbonyl (C=O) groups is 2. The van der Waals surface area contributed by atoms with Crippen LogP contribution in [0, 0.1) is 6.92 Å². The van der Waals surface area contributed by atoms with Crippen LogP contribution in [0.15, 0.2) is 48.5 Å². The van der Waals surface area contributed by atoms with E-state index in [0.29, 0.717) is 25.1 Å². The van der Waals surface area contributed by atoms with Crippen LogP contribution in [0.4, 0.5) is 5.69 Å². The molecular formula is C18H18NO4-. The van der Waals surface area contributed by atoms with Crippen molar-refractivity contribution in [3.8, 4) is 5.75 Å². The van der Waals surface area contributed by atoms with Crippen molar-refractivity contribution < 1.29 is 19.4 Å². The van der Waals surface area contributed by atoms with Crippen molar-refractivity contribution in [1.82, 2.24) is 0 Å². The molecule has 0 bridgehead atoms. The van der Waals surface area contributed by atoms with Crippen LogP contribution in [-0.4, -0.2) is 18.5 Å². The average Bonchev–Trinajstić information content (AvgIpc) is 2.52. The van der Waals surface area contributed by atoms with Gasteiger partial charge in [-0.15, -0.1) is 0 Å². The highest BCUT2D eigenvalue weighted by molar-refractivity contribution is 5.93. The van der Waals surface area contributed by atoms with Crippen molar-refractivity contribution in [2.24, 2.45) is 0 Å². The third kappa shape index (κ3) is 5.47. The Kier molecular flexibility index (Phi) is 5.74. The molecule has 0 aliphatic rings. The van der Waals surface area contributed by atoms with Crippen molar-refractivity contribution in [1.29, 1.82) is 0 Å². The molecule has 2 rings (SSSR count). The summed E-state index contributed by atoms with van der Waals surface area (Å²) in [5.41, 5.74) is 1.59. The standard InChI is InChI=1S/C18H19NO4/c1-13-5-2-8-16(11-13)23-10-4-9-17(20)19-15-7-3-6-14(12-15)18(21)22/h2-3,5-8,11-12H,4,9-10H2,1H3,(H,19,20)(H,21,22)/p-1. The number of amides is 1. The van der Waals surface area contributed by atoms with E-state index in [-0.39, 0.29) is 11.5 Å². The lowest BCUT2D eigenvalue weighted by molar-refractivity contribution is -0.255. The summed E-state index contributed by atoms with van der Waals surface area (Å²) >= 11 is 0. The first kappa shape index (κ1) is 16.5. The number of nitrogens with one attached hydrogen (secondary N) is 1. The van der Waals surface area contributed by atoms with Crippen LogP contribution in [0.25, 0.3) is 0 Å². The van der Waals surface area contributed by atoms with Gasteiger partial charge in [0, 0.05) is 12.1 Å².